The van der Waals surface area contributed by atoms with Crippen molar-refractivity contribution in [3.8, 4) is 5.75 Å². The summed E-state index contributed by atoms with van der Waals surface area (Å²) in [5.41, 5.74) is 0. The van der Waals surface area contributed by atoms with Gasteiger partial charge in [0, 0.05) is 32.4 Å². The van der Waals surface area contributed by atoms with E-state index in [9.17, 15) is 4.79 Å². The van der Waals surface area contributed by atoms with Crippen LogP contribution in [0.25, 0.3) is 0 Å². The summed E-state index contributed by atoms with van der Waals surface area (Å²) in [6.45, 7) is 3.72. The number of carbonyl (C=O) groups excluding carboxylic acids is 1. The van der Waals surface area contributed by atoms with Crippen LogP contribution >= 0.6 is 12.4 Å². The van der Waals surface area contributed by atoms with Gasteiger partial charge in [-0.05, 0) is 37.6 Å². The van der Waals surface area contributed by atoms with E-state index in [-0.39, 0.29) is 18.5 Å². The van der Waals surface area contributed by atoms with E-state index in [0.717, 1.165) is 51.2 Å². The standard InChI is InChI=1S/C17H24N2O2.ClH/c20-17(12-14-6-9-18-13-14)19-10-7-16(8-11-19)21-15-4-2-1-3-5-15;/h1-5,14,16,18H,6-13H2;1H. The summed E-state index contributed by atoms with van der Waals surface area (Å²) in [4.78, 5) is 14.3. The van der Waals surface area contributed by atoms with E-state index < -0.39 is 0 Å². The molecule has 5 heteroatoms. The number of nitrogens with one attached hydrogen (secondary N) is 1. The Morgan fingerprint density at radius 2 is 1.91 bits per heavy atom. The Bertz CT molecular complexity index is 455. The third kappa shape index (κ3) is 4.62. The highest BCUT2D eigenvalue weighted by atomic mass is 35.5. The number of hydrogen-bond acceptors (Lipinski definition) is 3. The van der Waals surface area contributed by atoms with Crippen LogP contribution in [0.4, 0.5) is 0 Å². The molecule has 3 rings (SSSR count). The van der Waals surface area contributed by atoms with Gasteiger partial charge in [0.25, 0.3) is 0 Å². The maximum absolute atomic E-state index is 12.3. The van der Waals surface area contributed by atoms with Gasteiger partial charge in [0.2, 0.25) is 5.91 Å². The fourth-order valence-corrected chi connectivity index (χ4v) is 3.18. The quantitative estimate of drug-likeness (QED) is 0.925. The number of para-hydroxylation sites is 1. The normalized spacial score (nSPS) is 22.2. The number of amides is 1. The molecule has 2 saturated heterocycles. The van der Waals surface area contributed by atoms with Gasteiger partial charge in [-0.3, -0.25) is 4.79 Å². The Morgan fingerprint density at radius 3 is 2.55 bits per heavy atom. The molecular formula is C17H25ClN2O2. The van der Waals surface area contributed by atoms with Crippen LogP contribution in [-0.4, -0.2) is 43.1 Å². The van der Waals surface area contributed by atoms with Gasteiger partial charge in [-0.1, -0.05) is 18.2 Å². The first-order chi connectivity index (χ1) is 10.3. The second-order valence-electron chi connectivity index (χ2n) is 6.07. The Balaban J connectivity index is 0.00000176. The number of ether oxygens (including phenoxy) is 1. The summed E-state index contributed by atoms with van der Waals surface area (Å²) in [6.07, 6.45) is 3.95. The Hall–Kier alpha value is -1.26. The molecule has 2 fully saturated rings. The molecule has 2 aliphatic heterocycles. The van der Waals surface area contributed by atoms with Crippen LogP contribution in [-0.2, 0) is 4.79 Å². The molecule has 1 aromatic rings. The molecule has 0 aromatic heterocycles. The van der Waals surface area contributed by atoms with Crippen LogP contribution in [0.1, 0.15) is 25.7 Å². The van der Waals surface area contributed by atoms with Crippen molar-refractivity contribution in [2.45, 2.75) is 31.8 Å². The van der Waals surface area contributed by atoms with Gasteiger partial charge < -0.3 is 15.0 Å². The van der Waals surface area contributed by atoms with Crippen molar-refractivity contribution in [1.29, 1.82) is 0 Å². The molecule has 122 valence electrons. The third-order valence-corrected chi connectivity index (χ3v) is 4.47. The van der Waals surface area contributed by atoms with E-state index >= 15 is 0 Å². The SMILES string of the molecule is Cl.O=C(CC1CCNC1)N1CCC(Oc2ccccc2)CC1. The molecule has 0 bridgehead atoms. The molecule has 0 radical (unpaired) electrons. The Labute approximate surface area is 138 Å². The monoisotopic (exact) mass is 324 g/mol. The van der Waals surface area contributed by atoms with E-state index in [1.165, 1.54) is 0 Å². The number of carbonyl (C=O) groups is 1. The molecule has 1 aromatic carbocycles. The van der Waals surface area contributed by atoms with E-state index in [1.54, 1.807) is 0 Å². The number of nitrogens with zero attached hydrogens (tertiary/aromatic N) is 1. The van der Waals surface area contributed by atoms with Crippen LogP contribution in [0.15, 0.2) is 30.3 Å². The van der Waals surface area contributed by atoms with Crippen LogP contribution in [0, 0.1) is 5.92 Å². The summed E-state index contributed by atoms with van der Waals surface area (Å²) >= 11 is 0. The van der Waals surface area contributed by atoms with Crippen molar-refractivity contribution in [2.24, 2.45) is 5.92 Å². The van der Waals surface area contributed by atoms with Crippen molar-refractivity contribution in [1.82, 2.24) is 10.2 Å². The van der Waals surface area contributed by atoms with Gasteiger partial charge in [0.1, 0.15) is 11.9 Å². The van der Waals surface area contributed by atoms with Gasteiger partial charge in [0.05, 0.1) is 0 Å². The largest absolute Gasteiger partial charge is 0.490 e. The van der Waals surface area contributed by atoms with Crippen LogP contribution < -0.4 is 10.1 Å². The zero-order valence-corrected chi connectivity index (χ0v) is 13.7. The van der Waals surface area contributed by atoms with Gasteiger partial charge >= 0.3 is 0 Å². The van der Waals surface area contributed by atoms with Crippen LogP contribution in [0.2, 0.25) is 0 Å². The zero-order chi connectivity index (χ0) is 14.5. The topological polar surface area (TPSA) is 41.6 Å². The van der Waals surface area contributed by atoms with Crippen molar-refractivity contribution in [3.05, 3.63) is 30.3 Å². The van der Waals surface area contributed by atoms with Gasteiger partial charge in [-0.2, -0.15) is 0 Å². The lowest BCUT2D eigenvalue weighted by molar-refractivity contribution is -0.133. The average Bonchev–Trinajstić information content (AvgIpc) is 3.02. The second-order valence-corrected chi connectivity index (χ2v) is 6.07. The van der Waals surface area contributed by atoms with Gasteiger partial charge in [-0.15, -0.1) is 12.4 Å². The molecule has 1 N–H and O–H groups in total. The smallest absolute Gasteiger partial charge is 0.222 e. The molecule has 1 amide bonds. The number of halogens is 1. The number of piperidine rings is 1. The minimum Gasteiger partial charge on any atom is -0.490 e. The number of hydrogen-bond donors (Lipinski definition) is 1. The average molecular weight is 325 g/mol. The molecule has 22 heavy (non-hydrogen) atoms. The molecule has 0 aliphatic carbocycles. The minimum atomic E-state index is 0. The number of rotatable bonds is 4. The van der Waals surface area contributed by atoms with Gasteiger partial charge in [-0.25, -0.2) is 0 Å². The predicted octanol–water partition coefficient (Wildman–Crippen LogP) is 2.48. The summed E-state index contributed by atoms with van der Waals surface area (Å²) in [5.74, 6) is 1.79. The first-order valence-electron chi connectivity index (χ1n) is 8.01. The molecule has 1 atom stereocenters. The third-order valence-electron chi connectivity index (χ3n) is 4.47. The molecule has 4 nitrogen and oxygen atoms in total. The van der Waals surface area contributed by atoms with Crippen molar-refractivity contribution in [3.63, 3.8) is 0 Å². The highest BCUT2D eigenvalue weighted by molar-refractivity contribution is 5.85. The second kappa shape index (κ2) is 8.39. The van der Waals surface area contributed by atoms with Crippen LogP contribution in [0.5, 0.6) is 5.75 Å². The molecule has 0 spiro atoms. The van der Waals surface area contributed by atoms with E-state index in [1.807, 2.05) is 35.2 Å². The maximum Gasteiger partial charge on any atom is 0.222 e. The summed E-state index contributed by atoms with van der Waals surface area (Å²) in [5, 5.41) is 3.32. The predicted molar refractivity (Wildman–Crippen MR) is 89.5 cm³/mol. The van der Waals surface area contributed by atoms with Crippen LogP contribution in [0.3, 0.4) is 0 Å². The molecule has 1 unspecified atom stereocenters. The fourth-order valence-electron chi connectivity index (χ4n) is 3.18. The van der Waals surface area contributed by atoms with Crippen molar-refractivity contribution in [2.75, 3.05) is 26.2 Å². The minimum absolute atomic E-state index is 0. The summed E-state index contributed by atoms with van der Waals surface area (Å²) in [6, 6.07) is 9.95. The van der Waals surface area contributed by atoms with E-state index in [0.29, 0.717) is 18.2 Å². The first-order valence-corrected chi connectivity index (χ1v) is 8.01. The summed E-state index contributed by atoms with van der Waals surface area (Å²) in [7, 11) is 0. The maximum atomic E-state index is 12.3. The zero-order valence-electron chi connectivity index (χ0n) is 12.9. The van der Waals surface area contributed by atoms with Crippen molar-refractivity contribution >= 4 is 18.3 Å². The molecule has 2 aliphatic rings. The molecule has 2 heterocycles. The highest BCUT2D eigenvalue weighted by Crippen LogP contribution is 2.20. The Kier molecular flexibility index (Phi) is 6.52. The number of likely N-dealkylation sites (tertiary alicyclic amines) is 1. The fraction of sp³-hybridized carbons (Fsp3) is 0.588. The number of benzene rings is 1. The van der Waals surface area contributed by atoms with E-state index in [2.05, 4.69) is 5.32 Å². The molecular weight excluding hydrogens is 300 g/mol. The van der Waals surface area contributed by atoms with Crippen molar-refractivity contribution < 1.29 is 9.53 Å². The lowest BCUT2D eigenvalue weighted by Gasteiger charge is -2.32. The first kappa shape index (κ1) is 17.1. The highest BCUT2D eigenvalue weighted by Gasteiger charge is 2.26. The van der Waals surface area contributed by atoms with E-state index in [4.69, 9.17) is 4.74 Å². The molecule has 0 saturated carbocycles. The summed E-state index contributed by atoms with van der Waals surface area (Å²) < 4.78 is 5.97. The lowest BCUT2D eigenvalue weighted by atomic mass is 10.0. The Morgan fingerprint density at radius 1 is 1.18 bits per heavy atom. The van der Waals surface area contributed by atoms with Gasteiger partial charge in [0.15, 0.2) is 0 Å². The lowest BCUT2D eigenvalue weighted by Crippen LogP contribution is -2.42.